The van der Waals surface area contributed by atoms with Gasteiger partial charge in [-0.1, -0.05) is 62.4 Å². The maximum absolute atomic E-state index is 6.12. The molecule has 2 aromatic carbocycles. The number of hydrogen-bond acceptors (Lipinski definition) is 3. The normalized spacial score (nSPS) is 11.3. The van der Waals surface area contributed by atoms with Crippen LogP contribution in [-0.2, 0) is 0 Å². The summed E-state index contributed by atoms with van der Waals surface area (Å²) in [6.07, 6.45) is 9.06. The van der Waals surface area contributed by atoms with Crippen molar-refractivity contribution >= 4 is 17.8 Å². The molecule has 0 amide bonds. The summed E-state index contributed by atoms with van der Waals surface area (Å²) in [6.45, 7) is 8.87. The van der Waals surface area contributed by atoms with E-state index in [9.17, 15) is 0 Å². The zero-order valence-electron chi connectivity index (χ0n) is 18.7. The largest absolute Gasteiger partial charge is 0.493 e. The molecule has 158 valence electrons. The maximum Gasteiger partial charge on any atom is 0.126 e. The van der Waals surface area contributed by atoms with Gasteiger partial charge in [-0.2, -0.15) is 0 Å². The van der Waals surface area contributed by atoms with Crippen molar-refractivity contribution in [3.8, 4) is 5.75 Å². The standard InChI is InChI=1S/C26H38N2O/c1-5-19-28(20-6-2)21-11-12-22-29-26-16-10-8-14-24(26)18-17-23-13-7-9-15-25(23)27(3)4/h7-10,13-18H,5-6,11-12,19-22H2,1-4H3/b18-17+. The molecule has 0 aliphatic heterocycles. The van der Waals surface area contributed by atoms with Crippen LogP contribution in [0.15, 0.2) is 48.5 Å². The number of rotatable bonds is 13. The Morgan fingerprint density at radius 2 is 1.38 bits per heavy atom. The summed E-state index contributed by atoms with van der Waals surface area (Å²) in [5, 5.41) is 0. The fraction of sp³-hybridized carbons (Fsp3) is 0.462. The van der Waals surface area contributed by atoms with Gasteiger partial charge in [-0.15, -0.1) is 0 Å². The number of nitrogens with zero attached hydrogens (tertiary/aromatic N) is 2. The van der Waals surface area contributed by atoms with E-state index < -0.39 is 0 Å². The minimum absolute atomic E-state index is 0.769. The molecule has 0 aromatic heterocycles. The van der Waals surface area contributed by atoms with Crippen molar-refractivity contribution in [3.05, 3.63) is 59.7 Å². The van der Waals surface area contributed by atoms with E-state index in [4.69, 9.17) is 4.74 Å². The molecule has 0 radical (unpaired) electrons. The lowest BCUT2D eigenvalue weighted by Crippen LogP contribution is -2.26. The Labute approximate surface area is 178 Å². The van der Waals surface area contributed by atoms with Crippen LogP contribution < -0.4 is 9.64 Å². The summed E-state index contributed by atoms with van der Waals surface area (Å²) in [6, 6.07) is 16.7. The predicted octanol–water partition coefficient (Wildman–Crippen LogP) is 6.20. The van der Waals surface area contributed by atoms with Crippen molar-refractivity contribution in [2.24, 2.45) is 0 Å². The molecular formula is C26H38N2O. The number of benzene rings is 2. The zero-order chi connectivity index (χ0) is 20.9. The first-order valence-electron chi connectivity index (χ1n) is 11.0. The summed E-state index contributed by atoms with van der Waals surface area (Å²) < 4.78 is 6.12. The van der Waals surface area contributed by atoms with Crippen LogP contribution in [0, 0.1) is 0 Å². The van der Waals surface area contributed by atoms with Gasteiger partial charge in [0.05, 0.1) is 6.61 Å². The maximum atomic E-state index is 6.12. The molecule has 3 heteroatoms. The summed E-state index contributed by atoms with van der Waals surface area (Å²) in [7, 11) is 4.15. The van der Waals surface area contributed by atoms with E-state index in [1.165, 1.54) is 50.1 Å². The molecule has 3 nitrogen and oxygen atoms in total. The first-order valence-corrected chi connectivity index (χ1v) is 11.0. The molecule has 0 saturated heterocycles. The quantitative estimate of drug-likeness (QED) is 0.297. The van der Waals surface area contributed by atoms with Crippen molar-refractivity contribution in [2.75, 3.05) is 45.2 Å². The van der Waals surface area contributed by atoms with E-state index in [2.05, 4.69) is 92.4 Å². The second-order valence-corrected chi connectivity index (χ2v) is 7.72. The highest BCUT2D eigenvalue weighted by molar-refractivity contribution is 5.78. The third-order valence-corrected chi connectivity index (χ3v) is 4.99. The molecule has 0 atom stereocenters. The molecule has 0 fully saturated rings. The van der Waals surface area contributed by atoms with E-state index in [0.717, 1.165) is 24.3 Å². The van der Waals surface area contributed by atoms with Gasteiger partial charge < -0.3 is 14.5 Å². The Morgan fingerprint density at radius 3 is 2.07 bits per heavy atom. The molecule has 0 bridgehead atoms. The third-order valence-electron chi connectivity index (χ3n) is 4.99. The Kier molecular flexibility index (Phi) is 10.4. The lowest BCUT2D eigenvalue weighted by molar-refractivity contribution is 0.250. The first-order chi connectivity index (χ1) is 14.2. The molecule has 2 aromatic rings. The van der Waals surface area contributed by atoms with Gasteiger partial charge in [0.25, 0.3) is 0 Å². The fourth-order valence-electron chi connectivity index (χ4n) is 3.55. The number of ether oxygens (including phenoxy) is 1. The van der Waals surface area contributed by atoms with Gasteiger partial charge in [-0.25, -0.2) is 0 Å². The molecule has 0 aliphatic carbocycles. The average molecular weight is 395 g/mol. The highest BCUT2D eigenvalue weighted by atomic mass is 16.5. The van der Waals surface area contributed by atoms with Crippen molar-refractivity contribution in [3.63, 3.8) is 0 Å². The Hall–Kier alpha value is -2.26. The van der Waals surface area contributed by atoms with E-state index in [-0.39, 0.29) is 0 Å². The number of para-hydroxylation sites is 2. The monoisotopic (exact) mass is 394 g/mol. The third kappa shape index (κ3) is 7.94. The number of unbranched alkanes of at least 4 members (excludes halogenated alkanes) is 1. The van der Waals surface area contributed by atoms with Crippen LogP contribution in [-0.4, -0.2) is 45.2 Å². The van der Waals surface area contributed by atoms with Gasteiger partial charge >= 0.3 is 0 Å². The summed E-state index contributed by atoms with van der Waals surface area (Å²) in [4.78, 5) is 4.71. The van der Waals surface area contributed by atoms with Crippen molar-refractivity contribution in [2.45, 2.75) is 39.5 Å². The van der Waals surface area contributed by atoms with E-state index in [1.807, 2.05) is 6.07 Å². The summed E-state index contributed by atoms with van der Waals surface area (Å²) in [5.74, 6) is 0.963. The lowest BCUT2D eigenvalue weighted by Gasteiger charge is -2.20. The smallest absolute Gasteiger partial charge is 0.126 e. The van der Waals surface area contributed by atoms with Crippen molar-refractivity contribution in [1.29, 1.82) is 0 Å². The fourth-order valence-corrected chi connectivity index (χ4v) is 3.55. The molecule has 29 heavy (non-hydrogen) atoms. The SMILES string of the molecule is CCCN(CCC)CCCCOc1ccccc1/C=C/c1ccccc1N(C)C. The molecule has 0 heterocycles. The van der Waals surface area contributed by atoms with Gasteiger partial charge in [0.15, 0.2) is 0 Å². The van der Waals surface area contributed by atoms with Crippen LogP contribution in [0.4, 0.5) is 5.69 Å². The van der Waals surface area contributed by atoms with E-state index in [1.54, 1.807) is 0 Å². The minimum Gasteiger partial charge on any atom is -0.493 e. The number of anilines is 1. The first kappa shape index (κ1) is 23.0. The second kappa shape index (κ2) is 13.1. The minimum atomic E-state index is 0.769. The second-order valence-electron chi connectivity index (χ2n) is 7.72. The zero-order valence-corrected chi connectivity index (χ0v) is 18.7. The van der Waals surface area contributed by atoms with Crippen LogP contribution in [0.25, 0.3) is 12.2 Å². The van der Waals surface area contributed by atoms with Crippen LogP contribution in [0.2, 0.25) is 0 Å². The van der Waals surface area contributed by atoms with Crippen molar-refractivity contribution < 1.29 is 4.74 Å². The predicted molar refractivity (Wildman–Crippen MR) is 128 cm³/mol. The molecular weight excluding hydrogens is 356 g/mol. The molecule has 0 aliphatic rings. The van der Waals surface area contributed by atoms with E-state index >= 15 is 0 Å². The average Bonchev–Trinajstić information content (AvgIpc) is 2.73. The van der Waals surface area contributed by atoms with Crippen LogP contribution in [0.5, 0.6) is 5.75 Å². The van der Waals surface area contributed by atoms with Gasteiger partial charge in [-0.3, -0.25) is 0 Å². The topological polar surface area (TPSA) is 15.7 Å². The van der Waals surface area contributed by atoms with E-state index in [0.29, 0.717) is 0 Å². The van der Waals surface area contributed by atoms with Gasteiger partial charge in [0.1, 0.15) is 5.75 Å². The van der Waals surface area contributed by atoms with Gasteiger partial charge in [0.2, 0.25) is 0 Å². The molecule has 0 saturated carbocycles. The summed E-state index contributed by atoms with van der Waals surface area (Å²) >= 11 is 0. The number of hydrogen-bond donors (Lipinski definition) is 0. The molecule has 0 unspecified atom stereocenters. The highest BCUT2D eigenvalue weighted by Crippen LogP contribution is 2.24. The molecule has 0 N–H and O–H groups in total. The van der Waals surface area contributed by atoms with Crippen molar-refractivity contribution in [1.82, 2.24) is 4.90 Å². The highest BCUT2D eigenvalue weighted by Gasteiger charge is 2.04. The Balaban J connectivity index is 1.91. The van der Waals surface area contributed by atoms with Gasteiger partial charge in [-0.05, 0) is 63.0 Å². The van der Waals surface area contributed by atoms with Crippen LogP contribution in [0.3, 0.4) is 0 Å². The Morgan fingerprint density at radius 1 is 0.759 bits per heavy atom. The Bertz CT molecular complexity index is 733. The van der Waals surface area contributed by atoms with Crippen LogP contribution >= 0.6 is 0 Å². The molecule has 2 rings (SSSR count). The van der Waals surface area contributed by atoms with Crippen LogP contribution in [0.1, 0.15) is 50.7 Å². The van der Waals surface area contributed by atoms with Gasteiger partial charge in [0, 0.05) is 25.3 Å². The summed E-state index contributed by atoms with van der Waals surface area (Å²) in [5.41, 5.74) is 3.55. The molecule has 0 spiro atoms. The lowest BCUT2D eigenvalue weighted by atomic mass is 10.1.